The molecule has 1 saturated carbocycles. The molecular formula is C15H21F3O3. The average molecular weight is 306 g/mol. The summed E-state index contributed by atoms with van der Waals surface area (Å²) in [5, 5.41) is 0. The maximum absolute atomic E-state index is 13.5. The maximum atomic E-state index is 13.5. The highest BCUT2D eigenvalue weighted by Gasteiger charge is 2.63. The Kier molecular flexibility index (Phi) is 3.79. The van der Waals surface area contributed by atoms with Gasteiger partial charge in [0, 0.05) is 5.92 Å². The largest absolute Gasteiger partial charge is 0.509 e. The summed E-state index contributed by atoms with van der Waals surface area (Å²) >= 11 is 0. The van der Waals surface area contributed by atoms with Crippen LogP contribution < -0.4 is 0 Å². The van der Waals surface area contributed by atoms with Crippen molar-refractivity contribution < 1.29 is 27.4 Å². The molecule has 0 radical (unpaired) electrons. The number of allylic oxidation sites excluding steroid dienone is 2. The van der Waals surface area contributed by atoms with Gasteiger partial charge in [0.2, 0.25) is 5.60 Å². The van der Waals surface area contributed by atoms with Crippen LogP contribution in [0.1, 0.15) is 40.5 Å². The van der Waals surface area contributed by atoms with Crippen molar-refractivity contribution in [2.24, 2.45) is 17.8 Å². The molecule has 0 N–H and O–H groups in total. The molecule has 6 heteroatoms. The molecular weight excluding hydrogens is 285 g/mol. The van der Waals surface area contributed by atoms with Gasteiger partial charge in [-0.05, 0) is 52.4 Å². The van der Waals surface area contributed by atoms with E-state index in [1.807, 2.05) is 6.08 Å². The first-order valence-corrected chi connectivity index (χ1v) is 7.09. The number of carbonyl (C=O) groups excluding carboxylic acids is 1. The van der Waals surface area contributed by atoms with Crippen LogP contribution in [0.15, 0.2) is 12.2 Å². The van der Waals surface area contributed by atoms with Crippen molar-refractivity contribution in [3.63, 3.8) is 0 Å². The third-order valence-corrected chi connectivity index (χ3v) is 4.23. The Morgan fingerprint density at radius 3 is 2.05 bits per heavy atom. The molecule has 120 valence electrons. The highest BCUT2D eigenvalue weighted by atomic mass is 19.4. The van der Waals surface area contributed by atoms with Crippen molar-refractivity contribution in [1.82, 2.24) is 0 Å². The predicted molar refractivity (Wildman–Crippen MR) is 70.6 cm³/mol. The van der Waals surface area contributed by atoms with Crippen LogP contribution in [0.4, 0.5) is 18.0 Å². The van der Waals surface area contributed by atoms with Crippen molar-refractivity contribution >= 4 is 6.16 Å². The lowest BCUT2D eigenvalue weighted by Crippen LogP contribution is -2.53. The quantitative estimate of drug-likeness (QED) is 0.557. The van der Waals surface area contributed by atoms with Crippen molar-refractivity contribution in [2.75, 3.05) is 0 Å². The average Bonchev–Trinajstić information content (AvgIpc) is 2.85. The minimum absolute atomic E-state index is 0.156. The van der Waals surface area contributed by atoms with E-state index >= 15 is 0 Å². The van der Waals surface area contributed by atoms with Gasteiger partial charge in [0.1, 0.15) is 5.60 Å². The Labute approximate surface area is 122 Å². The molecule has 3 nitrogen and oxygen atoms in total. The molecule has 2 aliphatic rings. The molecule has 0 aromatic heterocycles. The topological polar surface area (TPSA) is 35.5 Å². The molecule has 0 aromatic carbocycles. The molecule has 2 bridgehead atoms. The first-order chi connectivity index (χ1) is 9.42. The molecule has 0 aromatic rings. The molecule has 0 amide bonds. The zero-order valence-corrected chi connectivity index (χ0v) is 12.7. The molecule has 0 heterocycles. The molecule has 21 heavy (non-hydrogen) atoms. The third kappa shape index (κ3) is 3.19. The first-order valence-electron chi connectivity index (χ1n) is 7.09. The van der Waals surface area contributed by atoms with Crippen LogP contribution in [0, 0.1) is 17.8 Å². The van der Waals surface area contributed by atoms with Crippen LogP contribution in [0.3, 0.4) is 0 Å². The van der Waals surface area contributed by atoms with Crippen molar-refractivity contribution in [3.05, 3.63) is 12.2 Å². The van der Waals surface area contributed by atoms with Crippen molar-refractivity contribution in [2.45, 2.75) is 57.9 Å². The minimum Gasteiger partial charge on any atom is -0.429 e. The number of fused-ring (bicyclic) bond motifs is 2. The fourth-order valence-electron chi connectivity index (χ4n) is 3.20. The molecule has 4 atom stereocenters. The second-order valence-corrected chi connectivity index (χ2v) is 7.06. The van der Waals surface area contributed by atoms with Gasteiger partial charge >= 0.3 is 12.3 Å². The lowest BCUT2D eigenvalue weighted by molar-refractivity contribution is -0.279. The van der Waals surface area contributed by atoms with E-state index in [0.717, 1.165) is 6.92 Å². The van der Waals surface area contributed by atoms with Crippen LogP contribution in [0.2, 0.25) is 0 Å². The molecule has 4 unspecified atom stereocenters. The maximum Gasteiger partial charge on any atom is 0.509 e. The number of hydrogen-bond donors (Lipinski definition) is 0. The molecule has 2 rings (SSSR count). The molecule has 0 aliphatic heterocycles. The lowest BCUT2D eigenvalue weighted by atomic mass is 9.79. The summed E-state index contributed by atoms with van der Waals surface area (Å²) in [5.41, 5.74) is -3.41. The van der Waals surface area contributed by atoms with Crippen molar-refractivity contribution in [1.29, 1.82) is 0 Å². The summed E-state index contributed by atoms with van der Waals surface area (Å²) in [5.74, 6) is -0.784. The van der Waals surface area contributed by atoms with E-state index in [0.29, 0.717) is 12.8 Å². The first kappa shape index (κ1) is 16.2. The number of alkyl halides is 3. The monoisotopic (exact) mass is 306 g/mol. The number of hydrogen-bond acceptors (Lipinski definition) is 3. The third-order valence-electron chi connectivity index (χ3n) is 4.23. The normalized spacial score (nSPS) is 31.1. The van der Waals surface area contributed by atoms with Gasteiger partial charge in [-0.25, -0.2) is 4.79 Å². The van der Waals surface area contributed by atoms with Crippen LogP contribution in [0.25, 0.3) is 0 Å². The van der Waals surface area contributed by atoms with E-state index in [9.17, 15) is 18.0 Å². The molecule has 0 spiro atoms. The number of halogens is 3. The Balaban J connectivity index is 2.19. The van der Waals surface area contributed by atoms with E-state index in [1.54, 1.807) is 26.8 Å². The van der Waals surface area contributed by atoms with Gasteiger partial charge < -0.3 is 9.47 Å². The standard InChI is InChI=1S/C15H21F3O3/c1-13(2,3)20-12(19)21-14(4,15(16,17)18)11-8-9-5-6-10(11)7-9/h5-6,9-11H,7-8H2,1-4H3. The van der Waals surface area contributed by atoms with E-state index < -0.39 is 29.5 Å². The highest BCUT2D eigenvalue weighted by molar-refractivity contribution is 5.61. The Morgan fingerprint density at radius 1 is 1.05 bits per heavy atom. The smallest absolute Gasteiger partial charge is 0.429 e. The van der Waals surface area contributed by atoms with Gasteiger partial charge in [0.15, 0.2) is 0 Å². The molecule has 1 fully saturated rings. The van der Waals surface area contributed by atoms with Gasteiger partial charge in [-0.2, -0.15) is 13.2 Å². The Morgan fingerprint density at radius 2 is 1.67 bits per heavy atom. The zero-order valence-electron chi connectivity index (χ0n) is 12.7. The van der Waals surface area contributed by atoms with Gasteiger partial charge in [-0.3, -0.25) is 0 Å². The fourth-order valence-corrected chi connectivity index (χ4v) is 3.20. The Hall–Kier alpha value is -1.20. The second-order valence-electron chi connectivity index (χ2n) is 7.06. The number of carbonyl (C=O) groups is 1. The van der Waals surface area contributed by atoms with Gasteiger partial charge in [-0.1, -0.05) is 12.2 Å². The summed E-state index contributed by atoms with van der Waals surface area (Å²) in [6, 6.07) is 0. The van der Waals surface area contributed by atoms with Crippen LogP contribution >= 0.6 is 0 Å². The van der Waals surface area contributed by atoms with Crippen LogP contribution in [-0.4, -0.2) is 23.5 Å². The van der Waals surface area contributed by atoms with Crippen LogP contribution in [0.5, 0.6) is 0 Å². The summed E-state index contributed by atoms with van der Waals surface area (Å²) in [4.78, 5) is 11.7. The zero-order chi connectivity index (χ0) is 16.1. The Bertz CT molecular complexity index is 450. The van der Waals surface area contributed by atoms with Gasteiger partial charge in [0.05, 0.1) is 0 Å². The summed E-state index contributed by atoms with van der Waals surface area (Å²) in [7, 11) is 0. The minimum atomic E-state index is -4.63. The van der Waals surface area contributed by atoms with E-state index in [1.165, 1.54) is 0 Å². The summed E-state index contributed by atoms with van der Waals surface area (Å²) in [6.07, 6.45) is -1.05. The van der Waals surface area contributed by atoms with E-state index in [4.69, 9.17) is 9.47 Å². The molecule has 0 saturated heterocycles. The lowest BCUT2D eigenvalue weighted by Gasteiger charge is -2.39. The summed E-state index contributed by atoms with van der Waals surface area (Å²) in [6.45, 7) is 5.70. The second kappa shape index (κ2) is 4.92. The summed E-state index contributed by atoms with van der Waals surface area (Å²) < 4.78 is 50.2. The number of rotatable bonds is 2. The van der Waals surface area contributed by atoms with E-state index in [-0.39, 0.29) is 11.8 Å². The SMILES string of the molecule is CC(C)(C)OC(=O)OC(C)(C1CC2C=CC1C2)C(F)(F)F. The van der Waals surface area contributed by atoms with Crippen molar-refractivity contribution in [3.8, 4) is 0 Å². The van der Waals surface area contributed by atoms with Crippen LogP contribution in [-0.2, 0) is 9.47 Å². The number of ether oxygens (including phenoxy) is 2. The predicted octanol–water partition coefficient (Wildman–Crippen LogP) is 4.47. The van der Waals surface area contributed by atoms with Gasteiger partial charge in [-0.15, -0.1) is 0 Å². The fraction of sp³-hybridized carbons (Fsp3) is 0.800. The van der Waals surface area contributed by atoms with E-state index in [2.05, 4.69) is 0 Å². The molecule has 2 aliphatic carbocycles. The highest BCUT2D eigenvalue weighted by Crippen LogP contribution is 2.54. The van der Waals surface area contributed by atoms with Gasteiger partial charge in [0.25, 0.3) is 0 Å².